The Kier molecular flexibility index (Phi) is 2.35. The van der Waals surface area contributed by atoms with E-state index in [1.807, 2.05) is 30.3 Å². The maximum atomic E-state index is 12.2. The molecule has 0 saturated carbocycles. The number of benzene rings is 1. The van der Waals surface area contributed by atoms with Gasteiger partial charge in [0.2, 0.25) is 0 Å². The van der Waals surface area contributed by atoms with Gasteiger partial charge in [-0.1, -0.05) is 12.1 Å². The molecule has 1 atom stereocenters. The predicted octanol–water partition coefficient (Wildman–Crippen LogP) is 3.41. The average Bonchev–Trinajstić information content (AvgIpc) is 2.88. The number of carbonyl (C=O) groups excluding carboxylic acids is 1. The van der Waals surface area contributed by atoms with Gasteiger partial charge in [0, 0.05) is 9.13 Å². The molecule has 0 bridgehead atoms. The van der Waals surface area contributed by atoms with Crippen LogP contribution in [0.2, 0.25) is 0 Å². The average molecular weight is 324 g/mol. The number of furan rings is 1. The highest BCUT2D eigenvalue weighted by molar-refractivity contribution is 14.1. The lowest BCUT2D eigenvalue weighted by Gasteiger charge is -2.02. The van der Waals surface area contributed by atoms with E-state index in [1.165, 1.54) is 0 Å². The molecule has 1 unspecified atom stereocenters. The zero-order valence-electron chi connectivity index (χ0n) is 8.44. The summed E-state index contributed by atoms with van der Waals surface area (Å²) in [6, 6.07) is 9.58. The fourth-order valence-electron chi connectivity index (χ4n) is 2.20. The Bertz CT molecular complexity index is 543. The first-order chi connectivity index (χ1) is 7.77. The van der Waals surface area contributed by atoms with Crippen molar-refractivity contribution in [2.24, 2.45) is 0 Å². The zero-order chi connectivity index (χ0) is 11.1. The minimum atomic E-state index is -0.124. The van der Waals surface area contributed by atoms with Crippen LogP contribution < -0.4 is 0 Å². The van der Waals surface area contributed by atoms with Gasteiger partial charge in [-0.2, -0.15) is 0 Å². The molecule has 0 radical (unpaired) electrons. The number of Topliss-reactive ketones (excluding diaryl/α,β-unsaturated/α-hetero) is 1. The Morgan fingerprint density at radius 1 is 1.25 bits per heavy atom. The fourth-order valence-corrected chi connectivity index (χ4v) is 2.92. The van der Waals surface area contributed by atoms with E-state index in [-0.39, 0.29) is 11.7 Å². The molecule has 0 amide bonds. The van der Waals surface area contributed by atoms with E-state index in [0.717, 1.165) is 26.9 Å². The molecular weight excluding hydrogens is 315 g/mol. The maximum absolute atomic E-state index is 12.2. The van der Waals surface area contributed by atoms with E-state index >= 15 is 0 Å². The Morgan fingerprint density at radius 2 is 2.12 bits per heavy atom. The number of rotatable bonds is 1. The van der Waals surface area contributed by atoms with Gasteiger partial charge in [0.1, 0.15) is 5.76 Å². The standard InChI is InChI=1S/C13H9IO2/c14-11-4-1-3-8-9(11)7-10(13(8)15)12-5-2-6-16-12/h1-6,10H,7H2. The number of ketones is 1. The lowest BCUT2D eigenvalue weighted by molar-refractivity contribution is 0.0964. The van der Waals surface area contributed by atoms with Gasteiger partial charge in [0.05, 0.1) is 12.2 Å². The van der Waals surface area contributed by atoms with Crippen molar-refractivity contribution in [2.45, 2.75) is 12.3 Å². The first-order valence-corrected chi connectivity index (χ1v) is 6.20. The van der Waals surface area contributed by atoms with Crippen LogP contribution in [0.25, 0.3) is 0 Å². The van der Waals surface area contributed by atoms with E-state index in [9.17, 15) is 4.79 Å². The number of halogens is 1. The molecular formula is C13H9IO2. The summed E-state index contributed by atoms with van der Waals surface area (Å²) in [5.74, 6) is 0.835. The van der Waals surface area contributed by atoms with Gasteiger partial charge in [-0.15, -0.1) is 0 Å². The number of fused-ring (bicyclic) bond motifs is 1. The van der Waals surface area contributed by atoms with Crippen LogP contribution in [0.15, 0.2) is 41.0 Å². The third kappa shape index (κ3) is 1.42. The van der Waals surface area contributed by atoms with Crippen molar-refractivity contribution in [1.29, 1.82) is 0 Å². The zero-order valence-corrected chi connectivity index (χ0v) is 10.6. The summed E-state index contributed by atoms with van der Waals surface area (Å²) >= 11 is 2.28. The van der Waals surface area contributed by atoms with Crippen molar-refractivity contribution in [3.63, 3.8) is 0 Å². The van der Waals surface area contributed by atoms with E-state index in [1.54, 1.807) is 6.26 Å². The molecule has 16 heavy (non-hydrogen) atoms. The van der Waals surface area contributed by atoms with Crippen LogP contribution in [0.3, 0.4) is 0 Å². The molecule has 1 heterocycles. The van der Waals surface area contributed by atoms with Crippen molar-refractivity contribution in [1.82, 2.24) is 0 Å². The second-order valence-electron chi connectivity index (χ2n) is 3.90. The second-order valence-corrected chi connectivity index (χ2v) is 5.06. The van der Waals surface area contributed by atoms with Crippen molar-refractivity contribution < 1.29 is 9.21 Å². The normalized spacial score (nSPS) is 18.8. The summed E-state index contributed by atoms with van der Waals surface area (Å²) in [5.41, 5.74) is 2.02. The van der Waals surface area contributed by atoms with Gasteiger partial charge < -0.3 is 4.42 Å². The van der Waals surface area contributed by atoms with Crippen molar-refractivity contribution in [3.8, 4) is 0 Å². The Labute approximate surface area is 107 Å². The quantitative estimate of drug-likeness (QED) is 0.753. The van der Waals surface area contributed by atoms with Crippen LogP contribution in [-0.2, 0) is 6.42 Å². The van der Waals surface area contributed by atoms with Crippen LogP contribution in [0.1, 0.15) is 27.6 Å². The topological polar surface area (TPSA) is 30.2 Å². The summed E-state index contributed by atoms with van der Waals surface area (Å²) in [5, 5.41) is 0. The monoisotopic (exact) mass is 324 g/mol. The minimum absolute atomic E-state index is 0.124. The molecule has 80 valence electrons. The van der Waals surface area contributed by atoms with Crippen LogP contribution in [-0.4, -0.2) is 5.78 Å². The van der Waals surface area contributed by atoms with Gasteiger partial charge >= 0.3 is 0 Å². The van der Waals surface area contributed by atoms with Crippen LogP contribution >= 0.6 is 22.6 Å². The Balaban J connectivity index is 2.07. The molecule has 0 aliphatic heterocycles. The van der Waals surface area contributed by atoms with E-state index < -0.39 is 0 Å². The lowest BCUT2D eigenvalue weighted by atomic mass is 10.0. The van der Waals surface area contributed by atoms with Crippen LogP contribution in [0.5, 0.6) is 0 Å². The predicted molar refractivity (Wildman–Crippen MR) is 68.6 cm³/mol. The first kappa shape index (κ1) is 10.1. The number of carbonyl (C=O) groups is 1. The van der Waals surface area contributed by atoms with Crippen molar-refractivity contribution >= 4 is 28.4 Å². The number of hydrogen-bond acceptors (Lipinski definition) is 2. The highest BCUT2D eigenvalue weighted by Gasteiger charge is 2.34. The van der Waals surface area contributed by atoms with Gasteiger partial charge in [-0.25, -0.2) is 0 Å². The number of hydrogen-bond donors (Lipinski definition) is 0. The van der Waals surface area contributed by atoms with E-state index in [2.05, 4.69) is 22.6 Å². The summed E-state index contributed by atoms with van der Waals surface area (Å²) in [6.07, 6.45) is 2.39. The molecule has 3 heteroatoms. The molecule has 0 spiro atoms. The molecule has 0 N–H and O–H groups in total. The third-order valence-corrected chi connectivity index (χ3v) is 4.01. The summed E-state index contributed by atoms with van der Waals surface area (Å²) < 4.78 is 6.50. The maximum Gasteiger partial charge on any atom is 0.174 e. The Morgan fingerprint density at radius 3 is 2.81 bits per heavy atom. The molecule has 0 saturated heterocycles. The molecule has 0 fully saturated rings. The third-order valence-electron chi connectivity index (χ3n) is 3.00. The molecule has 3 rings (SSSR count). The SMILES string of the molecule is O=C1c2cccc(I)c2CC1c1ccco1. The van der Waals surface area contributed by atoms with Crippen LogP contribution in [0.4, 0.5) is 0 Å². The summed E-state index contributed by atoms with van der Waals surface area (Å²) in [7, 11) is 0. The molecule has 2 aromatic rings. The van der Waals surface area contributed by atoms with Gasteiger partial charge in [0.25, 0.3) is 0 Å². The minimum Gasteiger partial charge on any atom is -0.469 e. The molecule has 1 aromatic heterocycles. The van der Waals surface area contributed by atoms with Crippen LogP contribution in [0, 0.1) is 3.57 Å². The second kappa shape index (κ2) is 3.73. The van der Waals surface area contributed by atoms with Gasteiger partial charge in [-0.05, 0) is 52.8 Å². The fraction of sp³-hybridized carbons (Fsp3) is 0.154. The van der Waals surface area contributed by atoms with E-state index in [4.69, 9.17) is 4.42 Å². The Hall–Kier alpha value is -1.10. The van der Waals surface area contributed by atoms with Crippen molar-refractivity contribution in [3.05, 3.63) is 57.1 Å². The summed E-state index contributed by atoms with van der Waals surface area (Å²) in [4.78, 5) is 12.2. The molecule has 1 aliphatic carbocycles. The van der Waals surface area contributed by atoms with Gasteiger partial charge in [0.15, 0.2) is 5.78 Å². The highest BCUT2D eigenvalue weighted by atomic mass is 127. The van der Waals surface area contributed by atoms with E-state index in [0.29, 0.717) is 0 Å². The highest BCUT2D eigenvalue weighted by Crippen LogP contribution is 2.36. The lowest BCUT2D eigenvalue weighted by Crippen LogP contribution is -2.05. The largest absolute Gasteiger partial charge is 0.469 e. The molecule has 1 aromatic carbocycles. The summed E-state index contributed by atoms with van der Waals surface area (Å²) in [6.45, 7) is 0. The molecule has 1 aliphatic rings. The van der Waals surface area contributed by atoms with Gasteiger partial charge in [-0.3, -0.25) is 4.79 Å². The molecule has 2 nitrogen and oxygen atoms in total. The van der Waals surface area contributed by atoms with Crippen molar-refractivity contribution in [2.75, 3.05) is 0 Å². The first-order valence-electron chi connectivity index (χ1n) is 5.12. The smallest absolute Gasteiger partial charge is 0.174 e.